The molecule has 5 rings (SSSR count). The van der Waals surface area contributed by atoms with Crippen LogP contribution in [0.3, 0.4) is 0 Å². The number of nitrogens with zero attached hydrogens (tertiary/aromatic N) is 6. The molecule has 0 aliphatic carbocycles. The second-order valence-electron chi connectivity index (χ2n) is 9.12. The Morgan fingerprint density at radius 2 is 2.11 bits per heavy atom. The molecule has 2 aliphatic heterocycles. The second kappa shape index (κ2) is 10.2. The van der Waals surface area contributed by atoms with Crippen LogP contribution in [-0.2, 0) is 28.9 Å². The van der Waals surface area contributed by atoms with Crippen LogP contribution in [-0.4, -0.2) is 68.8 Å². The van der Waals surface area contributed by atoms with Gasteiger partial charge in [0.1, 0.15) is 0 Å². The Morgan fingerprint density at radius 3 is 2.89 bits per heavy atom. The zero-order valence-electron chi connectivity index (χ0n) is 20.2. The lowest BCUT2D eigenvalue weighted by Crippen LogP contribution is -2.24. The summed E-state index contributed by atoms with van der Waals surface area (Å²) >= 11 is 0. The molecule has 0 N–H and O–H groups in total. The number of likely N-dealkylation sites (tertiary alicyclic amines) is 1. The van der Waals surface area contributed by atoms with Crippen LogP contribution in [0.15, 0.2) is 24.7 Å². The van der Waals surface area contributed by atoms with Gasteiger partial charge in [-0.2, -0.15) is 10.2 Å². The van der Waals surface area contributed by atoms with E-state index in [1.54, 1.807) is 10.9 Å². The van der Waals surface area contributed by atoms with Gasteiger partial charge in [0, 0.05) is 55.9 Å². The van der Waals surface area contributed by atoms with Crippen LogP contribution in [0.1, 0.15) is 37.4 Å². The molecule has 1 unspecified atom stereocenters. The number of carbonyl (C=O) groups excluding carboxylic acids is 1. The van der Waals surface area contributed by atoms with E-state index in [0.717, 1.165) is 61.4 Å². The molecule has 0 bridgehead atoms. The summed E-state index contributed by atoms with van der Waals surface area (Å²) in [5, 5.41) is 9.43. The van der Waals surface area contributed by atoms with Gasteiger partial charge in [-0.1, -0.05) is 0 Å². The number of ether oxygens (including phenoxy) is 2. The summed E-state index contributed by atoms with van der Waals surface area (Å²) in [7, 11) is 1.39. The highest BCUT2D eigenvalue weighted by atomic mass is 19.1. The van der Waals surface area contributed by atoms with Crippen molar-refractivity contribution in [2.75, 3.05) is 33.4 Å². The average Bonchev–Trinajstić information content (AvgIpc) is 3.51. The number of carbonyl (C=O) groups is 1. The van der Waals surface area contributed by atoms with Gasteiger partial charge < -0.3 is 14.4 Å². The number of amides is 1. The van der Waals surface area contributed by atoms with E-state index in [4.69, 9.17) is 14.6 Å². The molecule has 1 amide bonds. The molecule has 3 aromatic heterocycles. The first kappa shape index (κ1) is 23.5. The molecule has 1 saturated heterocycles. The van der Waals surface area contributed by atoms with Gasteiger partial charge in [0.15, 0.2) is 5.82 Å². The number of hydrogen-bond acceptors (Lipinski definition) is 6. The predicted octanol–water partition coefficient (Wildman–Crippen LogP) is 3.04. The van der Waals surface area contributed by atoms with Crippen LogP contribution in [0, 0.1) is 11.7 Å². The molecule has 2 aliphatic rings. The molecular formula is C25H31FN6O3. The highest BCUT2D eigenvalue weighted by Crippen LogP contribution is 2.30. The fourth-order valence-electron chi connectivity index (χ4n) is 5.08. The third kappa shape index (κ3) is 4.80. The molecule has 186 valence electrons. The van der Waals surface area contributed by atoms with E-state index in [0.29, 0.717) is 37.7 Å². The first-order valence-electron chi connectivity index (χ1n) is 12.3. The molecule has 5 heterocycles. The van der Waals surface area contributed by atoms with Gasteiger partial charge in [-0.15, -0.1) is 0 Å². The Kier molecular flexibility index (Phi) is 6.81. The maximum absolute atomic E-state index is 14.4. The third-order valence-electron chi connectivity index (χ3n) is 6.88. The van der Waals surface area contributed by atoms with E-state index in [-0.39, 0.29) is 11.8 Å². The van der Waals surface area contributed by atoms with E-state index in [1.165, 1.54) is 13.2 Å². The van der Waals surface area contributed by atoms with Gasteiger partial charge in [0.25, 0.3) is 0 Å². The van der Waals surface area contributed by atoms with Crippen LogP contribution in [0.2, 0.25) is 0 Å². The van der Waals surface area contributed by atoms with Crippen molar-refractivity contribution < 1.29 is 18.7 Å². The zero-order chi connectivity index (χ0) is 24.4. The molecule has 1 atom stereocenters. The number of halogens is 1. The normalized spacial score (nSPS) is 18.1. The Bertz CT molecular complexity index is 1210. The van der Waals surface area contributed by atoms with E-state index in [9.17, 15) is 9.18 Å². The standard InChI is InChI=1S/C25H31FN6O3/c1-3-30-15-17(11-23(30)33)5-4-8-31-16-18(13-28-31)24-20-6-9-35-10-7-22(20)32(29-24)19-12-21(26)25(34-2)27-14-19/h12-14,16-17H,3-11,15H2,1-2H3. The largest absolute Gasteiger partial charge is 0.479 e. The van der Waals surface area contributed by atoms with Crippen molar-refractivity contribution in [2.45, 2.75) is 45.6 Å². The molecule has 0 radical (unpaired) electrons. The van der Waals surface area contributed by atoms with Crippen LogP contribution >= 0.6 is 0 Å². The SMILES string of the molecule is CCN1CC(CCCn2cc(-c3nn(-c4cnc(OC)c(F)c4)c4c3CCOCC4)cn2)CC1=O. The number of hydrogen-bond donors (Lipinski definition) is 0. The van der Waals surface area contributed by atoms with Gasteiger partial charge in [-0.3, -0.25) is 9.48 Å². The molecule has 0 spiro atoms. The monoisotopic (exact) mass is 482 g/mol. The lowest BCUT2D eigenvalue weighted by molar-refractivity contribution is -0.127. The average molecular weight is 483 g/mol. The number of methoxy groups -OCH3 is 1. The van der Waals surface area contributed by atoms with E-state index in [2.05, 4.69) is 10.1 Å². The van der Waals surface area contributed by atoms with Gasteiger partial charge in [0.05, 0.1) is 49.8 Å². The minimum Gasteiger partial charge on any atom is -0.479 e. The fourth-order valence-corrected chi connectivity index (χ4v) is 5.08. The molecule has 3 aromatic rings. The Balaban J connectivity index is 1.35. The summed E-state index contributed by atoms with van der Waals surface area (Å²) in [4.78, 5) is 18.0. The van der Waals surface area contributed by atoms with Gasteiger partial charge in [0.2, 0.25) is 11.8 Å². The van der Waals surface area contributed by atoms with Gasteiger partial charge in [-0.05, 0) is 32.1 Å². The van der Waals surface area contributed by atoms with Gasteiger partial charge >= 0.3 is 0 Å². The van der Waals surface area contributed by atoms with E-state index in [1.807, 2.05) is 28.9 Å². The summed E-state index contributed by atoms with van der Waals surface area (Å²) in [5.74, 6) is 0.134. The summed E-state index contributed by atoms with van der Waals surface area (Å²) in [6.45, 7) is 5.68. The van der Waals surface area contributed by atoms with Crippen LogP contribution in [0.4, 0.5) is 4.39 Å². The highest BCUT2D eigenvalue weighted by Gasteiger charge is 2.28. The number of aromatic nitrogens is 5. The maximum atomic E-state index is 14.4. The summed E-state index contributed by atoms with van der Waals surface area (Å²) in [6.07, 6.45) is 9.46. The summed E-state index contributed by atoms with van der Waals surface area (Å²) < 4.78 is 28.8. The molecule has 10 heteroatoms. The predicted molar refractivity (Wildman–Crippen MR) is 127 cm³/mol. The smallest absolute Gasteiger partial charge is 0.250 e. The van der Waals surface area contributed by atoms with Crippen molar-refractivity contribution in [3.8, 4) is 22.8 Å². The van der Waals surface area contributed by atoms with Crippen molar-refractivity contribution in [1.82, 2.24) is 29.4 Å². The second-order valence-corrected chi connectivity index (χ2v) is 9.12. The Labute approximate surface area is 203 Å². The number of fused-ring (bicyclic) bond motifs is 1. The topological polar surface area (TPSA) is 87.3 Å². The Hall–Kier alpha value is -3.27. The van der Waals surface area contributed by atoms with Crippen LogP contribution in [0.5, 0.6) is 5.88 Å². The summed E-state index contributed by atoms with van der Waals surface area (Å²) in [6, 6.07) is 1.39. The lowest BCUT2D eigenvalue weighted by atomic mass is 10.0. The van der Waals surface area contributed by atoms with Gasteiger partial charge in [-0.25, -0.2) is 14.1 Å². The molecule has 0 aromatic carbocycles. The quantitative estimate of drug-likeness (QED) is 0.491. The van der Waals surface area contributed by atoms with E-state index < -0.39 is 5.82 Å². The minimum atomic E-state index is -0.528. The first-order valence-corrected chi connectivity index (χ1v) is 12.3. The highest BCUT2D eigenvalue weighted by molar-refractivity contribution is 5.78. The van der Waals surface area contributed by atoms with Crippen molar-refractivity contribution in [2.24, 2.45) is 5.92 Å². The minimum absolute atomic E-state index is 0.0406. The summed E-state index contributed by atoms with van der Waals surface area (Å²) in [5.41, 5.74) is 4.42. The fraction of sp³-hybridized carbons (Fsp3) is 0.520. The van der Waals surface area contributed by atoms with E-state index >= 15 is 0 Å². The van der Waals surface area contributed by atoms with Crippen LogP contribution < -0.4 is 4.74 Å². The first-order chi connectivity index (χ1) is 17.1. The molecular weight excluding hydrogens is 451 g/mol. The molecule has 35 heavy (non-hydrogen) atoms. The van der Waals surface area contributed by atoms with Crippen LogP contribution in [0.25, 0.3) is 16.9 Å². The lowest BCUT2D eigenvalue weighted by Gasteiger charge is -2.13. The van der Waals surface area contributed by atoms with Crippen molar-refractivity contribution in [3.05, 3.63) is 41.7 Å². The molecule has 0 saturated carbocycles. The number of rotatable bonds is 8. The molecule has 1 fully saturated rings. The van der Waals surface area contributed by atoms with Crippen molar-refractivity contribution in [3.63, 3.8) is 0 Å². The Morgan fingerprint density at radius 1 is 1.26 bits per heavy atom. The zero-order valence-corrected chi connectivity index (χ0v) is 20.2. The maximum Gasteiger partial charge on any atom is 0.250 e. The van der Waals surface area contributed by atoms with Crippen molar-refractivity contribution >= 4 is 5.91 Å². The number of pyridine rings is 1. The molecule has 9 nitrogen and oxygen atoms in total. The van der Waals surface area contributed by atoms with Crippen molar-refractivity contribution in [1.29, 1.82) is 0 Å². The third-order valence-corrected chi connectivity index (χ3v) is 6.88. The number of aryl methyl sites for hydroxylation is 1.